The molecule has 1 aliphatic heterocycles. The van der Waals surface area contributed by atoms with Crippen LogP contribution in [-0.4, -0.2) is 74.2 Å². The van der Waals surface area contributed by atoms with E-state index in [2.05, 4.69) is 29.0 Å². The van der Waals surface area contributed by atoms with E-state index in [1.807, 2.05) is 0 Å². The van der Waals surface area contributed by atoms with E-state index in [1.165, 1.54) is 39.6 Å². The van der Waals surface area contributed by atoms with Crippen LogP contribution in [0.15, 0.2) is 0 Å². The molecule has 0 aromatic heterocycles. The molecule has 21 heavy (non-hydrogen) atoms. The number of hydrogen-bond acceptors (Lipinski definition) is 5. The normalized spacial score (nSPS) is 22.5. The summed E-state index contributed by atoms with van der Waals surface area (Å²) in [4.78, 5) is 16.9. The van der Waals surface area contributed by atoms with Gasteiger partial charge >= 0.3 is 5.97 Å². The van der Waals surface area contributed by atoms with E-state index < -0.39 is 0 Å². The van der Waals surface area contributed by atoms with Gasteiger partial charge in [-0.05, 0) is 25.2 Å². The van der Waals surface area contributed by atoms with Gasteiger partial charge in [-0.3, -0.25) is 4.79 Å². The fraction of sp³-hybridized carbons (Fsp3) is 0.938. The van der Waals surface area contributed by atoms with Gasteiger partial charge in [0.25, 0.3) is 0 Å². The summed E-state index contributed by atoms with van der Waals surface area (Å²) in [5, 5.41) is 3.30. The summed E-state index contributed by atoms with van der Waals surface area (Å²) in [6, 6.07) is 0.115. The Bertz CT molecular complexity index is 323. The molecule has 2 aliphatic rings. The van der Waals surface area contributed by atoms with Crippen LogP contribution in [0.2, 0.25) is 0 Å². The molecular weight excluding hydrogens is 266 g/mol. The Hall–Kier alpha value is -0.650. The molecule has 0 aromatic rings. The first-order chi connectivity index (χ1) is 10.1. The lowest BCUT2D eigenvalue weighted by Crippen LogP contribution is -2.49. The van der Waals surface area contributed by atoms with Gasteiger partial charge in [-0.2, -0.15) is 0 Å². The van der Waals surface area contributed by atoms with Crippen molar-refractivity contribution in [3.8, 4) is 0 Å². The van der Waals surface area contributed by atoms with Crippen molar-refractivity contribution in [3.63, 3.8) is 0 Å². The largest absolute Gasteiger partial charge is 0.468 e. The number of carbonyl (C=O) groups excluding carboxylic acids is 1. The van der Waals surface area contributed by atoms with Gasteiger partial charge in [0.05, 0.1) is 7.11 Å². The Kier molecular flexibility index (Phi) is 6.45. The number of esters is 1. The van der Waals surface area contributed by atoms with E-state index in [-0.39, 0.29) is 12.0 Å². The minimum Gasteiger partial charge on any atom is -0.468 e. The van der Waals surface area contributed by atoms with Crippen LogP contribution in [0.4, 0.5) is 0 Å². The van der Waals surface area contributed by atoms with E-state index in [1.54, 1.807) is 0 Å². The molecule has 0 aromatic carbocycles. The first-order valence-electron chi connectivity index (χ1n) is 8.37. The molecule has 5 heteroatoms. The number of ether oxygens (including phenoxy) is 1. The number of piperazine rings is 1. The van der Waals surface area contributed by atoms with Crippen LogP contribution < -0.4 is 5.32 Å². The van der Waals surface area contributed by atoms with E-state index in [4.69, 9.17) is 4.74 Å². The Morgan fingerprint density at radius 3 is 2.33 bits per heavy atom. The van der Waals surface area contributed by atoms with Crippen LogP contribution in [0.1, 0.15) is 33.1 Å². The Morgan fingerprint density at radius 2 is 1.81 bits per heavy atom. The Labute approximate surface area is 129 Å². The zero-order valence-electron chi connectivity index (χ0n) is 13.8. The maximum Gasteiger partial charge on any atom is 0.322 e. The van der Waals surface area contributed by atoms with Crippen LogP contribution >= 0.6 is 0 Å². The second-order valence-corrected chi connectivity index (χ2v) is 6.77. The average molecular weight is 297 g/mol. The summed E-state index contributed by atoms with van der Waals surface area (Å²) in [5.41, 5.74) is 0. The molecule has 1 atom stereocenters. The number of methoxy groups -OCH3 is 1. The second kappa shape index (κ2) is 8.11. The highest BCUT2D eigenvalue weighted by molar-refractivity contribution is 5.75. The minimum absolute atomic E-state index is 0.143. The lowest BCUT2D eigenvalue weighted by molar-refractivity contribution is -0.143. The van der Waals surface area contributed by atoms with Crippen LogP contribution in [0.3, 0.4) is 0 Å². The molecule has 1 N–H and O–H groups in total. The van der Waals surface area contributed by atoms with Gasteiger partial charge in [0, 0.05) is 45.3 Å². The van der Waals surface area contributed by atoms with Gasteiger partial charge in [-0.25, -0.2) is 0 Å². The monoisotopic (exact) mass is 297 g/mol. The SMILES string of the molecule is COC(=O)C(CCN1CCN(CC2CC2)CC1)NC(C)C. The molecule has 1 heterocycles. The molecular formula is C16H31N3O2. The van der Waals surface area contributed by atoms with Crippen LogP contribution in [-0.2, 0) is 9.53 Å². The molecule has 1 saturated carbocycles. The molecule has 1 unspecified atom stereocenters. The molecule has 2 rings (SSSR count). The van der Waals surface area contributed by atoms with Crippen molar-refractivity contribution >= 4 is 5.97 Å². The molecule has 0 amide bonds. The predicted molar refractivity (Wildman–Crippen MR) is 84.3 cm³/mol. The third-order valence-corrected chi connectivity index (χ3v) is 4.43. The highest BCUT2D eigenvalue weighted by atomic mass is 16.5. The van der Waals surface area contributed by atoms with Crippen molar-refractivity contribution in [3.05, 3.63) is 0 Å². The van der Waals surface area contributed by atoms with Gasteiger partial charge in [0.2, 0.25) is 0 Å². The third kappa shape index (κ3) is 5.93. The molecule has 0 spiro atoms. The van der Waals surface area contributed by atoms with E-state index in [0.29, 0.717) is 6.04 Å². The van der Waals surface area contributed by atoms with Crippen molar-refractivity contribution in [1.82, 2.24) is 15.1 Å². The van der Waals surface area contributed by atoms with Crippen molar-refractivity contribution in [1.29, 1.82) is 0 Å². The smallest absolute Gasteiger partial charge is 0.322 e. The maximum absolute atomic E-state index is 11.8. The summed E-state index contributed by atoms with van der Waals surface area (Å²) < 4.78 is 4.89. The zero-order valence-corrected chi connectivity index (χ0v) is 13.8. The second-order valence-electron chi connectivity index (χ2n) is 6.77. The molecule has 0 radical (unpaired) electrons. The first kappa shape index (κ1) is 16.7. The van der Waals surface area contributed by atoms with Gasteiger partial charge < -0.3 is 19.9 Å². The standard InChI is InChI=1S/C16H31N3O2/c1-13(2)17-15(16(20)21-3)6-7-18-8-10-19(11-9-18)12-14-4-5-14/h13-15,17H,4-12H2,1-3H3. The lowest BCUT2D eigenvalue weighted by atomic mass is 10.1. The van der Waals surface area contributed by atoms with E-state index in [0.717, 1.165) is 32.0 Å². The topological polar surface area (TPSA) is 44.8 Å². The Morgan fingerprint density at radius 1 is 1.19 bits per heavy atom. The zero-order chi connectivity index (χ0) is 15.2. The summed E-state index contributed by atoms with van der Waals surface area (Å²) in [5.74, 6) is 0.839. The maximum atomic E-state index is 11.8. The van der Waals surface area contributed by atoms with Crippen LogP contribution in [0.25, 0.3) is 0 Å². The number of carbonyl (C=O) groups is 1. The molecule has 0 bridgehead atoms. The number of nitrogens with one attached hydrogen (secondary N) is 1. The molecule has 1 saturated heterocycles. The van der Waals surface area contributed by atoms with Gasteiger partial charge in [0.1, 0.15) is 6.04 Å². The van der Waals surface area contributed by atoms with E-state index in [9.17, 15) is 4.79 Å². The van der Waals surface area contributed by atoms with Crippen molar-refractivity contribution in [2.45, 2.75) is 45.2 Å². The lowest BCUT2D eigenvalue weighted by Gasteiger charge is -2.35. The molecule has 5 nitrogen and oxygen atoms in total. The summed E-state index contributed by atoms with van der Waals surface area (Å²) in [6.45, 7) is 11.0. The third-order valence-electron chi connectivity index (χ3n) is 4.43. The number of rotatable bonds is 8. The van der Waals surface area contributed by atoms with Gasteiger partial charge in [-0.15, -0.1) is 0 Å². The fourth-order valence-electron chi connectivity index (χ4n) is 2.99. The number of hydrogen-bond donors (Lipinski definition) is 1. The Balaban J connectivity index is 1.67. The predicted octanol–water partition coefficient (Wildman–Crippen LogP) is 0.944. The van der Waals surface area contributed by atoms with E-state index >= 15 is 0 Å². The average Bonchev–Trinajstić information content (AvgIpc) is 3.27. The fourth-order valence-corrected chi connectivity index (χ4v) is 2.99. The van der Waals surface area contributed by atoms with Crippen LogP contribution in [0, 0.1) is 5.92 Å². The molecule has 2 fully saturated rings. The highest BCUT2D eigenvalue weighted by Gasteiger charge is 2.27. The molecule has 122 valence electrons. The van der Waals surface area contributed by atoms with Crippen molar-refractivity contribution < 1.29 is 9.53 Å². The van der Waals surface area contributed by atoms with Gasteiger partial charge in [-0.1, -0.05) is 13.8 Å². The molecule has 1 aliphatic carbocycles. The highest BCUT2D eigenvalue weighted by Crippen LogP contribution is 2.29. The summed E-state index contributed by atoms with van der Waals surface area (Å²) in [6.07, 6.45) is 3.69. The van der Waals surface area contributed by atoms with Crippen molar-refractivity contribution in [2.24, 2.45) is 5.92 Å². The number of nitrogens with zero attached hydrogens (tertiary/aromatic N) is 2. The van der Waals surface area contributed by atoms with Crippen molar-refractivity contribution in [2.75, 3.05) is 46.4 Å². The van der Waals surface area contributed by atoms with Crippen LogP contribution in [0.5, 0.6) is 0 Å². The summed E-state index contributed by atoms with van der Waals surface area (Å²) in [7, 11) is 1.47. The first-order valence-corrected chi connectivity index (χ1v) is 8.37. The minimum atomic E-state index is -0.181. The van der Waals surface area contributed by atoms with Gasteiger partial charge in [0.15, 0.2) is 0 Å². The summed E-state index contributed by atoms with van der Waals surface area (Å²) >= 11 is 0. The quantitative estimate of drug-likeness (QED) is 0.676.